The third-order valence-electron chi connectivity index (χ3n) is 14.9. The van der Waals surface area contributed by atoms with Crippen molar-refractivity contribution in [3.63, 3.8) is 0 Å². The van der Waals surface area contributed by atoms with E-state index in [1.165, 1.54) is 0 Å². The Bertz CT molecular complexity index is 1100. The molecule has 0 saturated carbocycles. The van der Waals surface area contributed by atoms with E-state index in [2.05, 4.69) is 0 Å². The van der Waals surface area contributed by atoms with E-state index in [1.807, 2.05) is 0 Å². The van der Waals surface area contributed by atoms with Crippen molar-refractivity contribution in [3.8, 4) is 0 Å². The number of rotatable bonds is 1. The van der Waals surface area contributed by atoms with Crippen molar-refractivity contribution < 1.29 is 15.6 Å². The summed E-state index contributed by atoms with van der Waals surface area (Å²) in [5, 5.41) is 0. The van der Waals surface area contributed by atoms with E-state index < -0.39 is 14.2 Å². The van der Waals surface area contributed by atoms with Gasteiger partial charge in [0.1, 0.15) is 0 Å². The van der Waals surface area contributed by atoms with Crippen LogP contribution >= 0.6 is 30.9 Å². The summed E-state index contributed by atoms with van der Waals surface area (Å²) in [5.41, 5.74) is 0. The number of hydrogen-bond donors (Lipinski definition) is 0. The van der Waals surface area contributed by atoms with Crippen molar-refractivity contribution >= 4 is 30.9 Å². The zero-order valence-corrected chi connectivity index (χ0v) is 11.4. The molecule has 5 atom stereocenters. The molecule has 10 fully saturated rings. The molecule has 0 aromatic rings. The molecule has 0 aromatic heterocycles. The van der Waals surface area contributed by atoms with Crippen LogP contribution in [0.2, 0.25) is 33.7 Å². The molecule has 0 radical (unpaired) electrons. The van der Waals surface area contributed by atoms with Crippen molar-refractivity contribution in [3.05, 3.63) is 0 Å². The fourth-order valence-electron chi connectivity index (χ4n) is 16.6. The van der Waals surface area contributed by atoms with Gasteiger partial charge in [0.15, 0.2) is 0 Å². The Balaban J connectivity index is 1.95. The fourth-order valence-corrected chi connectivity index (χ4v) is 113. The monoisotopic (exact) mass is 316 g/mol. The molecule has 10 rings (SSSR count). The molecule has 10 aliphatic heterocycles. The minimum absolute atomic E-state index is 0.0711. The van der Waals surface area contributed by atoms with Gasteiger partial charge in [-0.25, -0.2) is 0 Å². The standard InChI is InChI=1S/C5H2Cl2O2P.C5H5.Fe/c6-3-1-2-4(5(3)7)10(8)9;1-2-4-5-3-1;/h1-2H;1-5H;. The Hall–Kier alpha value is 0.999. The summed E-state index contributed by atoms with van der Waals surface area (Å²) in [7, 11) is -2.31. The third kappa shape index (κ3) is 0.0478. The fraction of sp³-hybridized carbons (Fsp3) is 1.00. The molecule has 16 heavy (non-hydrogen) atoms. The normalized spacial score (nSPS) is 135. The first kappa shape index (κ1) is 6.44. The van der Waals surface area contributed by atoms with E-state index in [0.29, 0.717) is 9.63 Å². The summed E-state index contributed by atoms with van der Waals surface area (Å²) in [6.07, 6.45) is 0. The first-order chi connectivity index (χ1) is 7.27. The SMILES string of the molecule is O=P(=O)[C]12[CH]3[CH]4[C]5(Cl)[C]1(Cl)[Fe]43521678[CH]2[CH]1[CH]6[CH]7[CH]28. The second-order valence-electron chi connectivity index (χ2n) is 9.87. The summed E-state index contributed by atoms with van der Waals surface area (Å²) >= 11 is 14.1. The van der Waals surface area contributed by atoms with Crippen LogP contribution in [0.25, 0.3) is 0 Å². The average Bonchev–Trinajstić information content (AvgIpc) is 3.15. The topological polar surface area (TPSA) is 34.1 Å². The van der Waals surface area contributed by atoms with Gasteiger partial charge in [0, 0.05) is 0 Å². The van der Waals surface area contributed by atoms with Gasteiger partial charge in [-0.2, -0.15) is 0 Å². The van der Waals surface area contributed by atoms with Gasteiger partial charge in [-0.1, -0.05) is 0 Å². The molecule has 10 aliphatic rings. The number of hydrogen-bond acceptors (Lipinski definition) is 2. The zero-order chi connectivity index (χ0) is 10.4. The maximum atomic E-state index is 12.0. The van der Waals surface area contributed by atoms with Crippen LogP contribution in [-0.4, -0.2) is 11.6 Å². The first-order valence-corrected chi connectivity index (χ1v) is 14.1. The molecule has 0 N–H and O–H groups in total. The van der Waals surface area contributed by atoms with Gasteiger partial charge in [-0.15, -0.1) is 0 Å². The Morgan fingerprint density at radius 2 is 1.44 bits per heavy atom. The first-order valence-electron chi connectivity index (χ1n) is 6.00. The van der Waals surface area contributed by atoms with Gasteiger partial charge >= 0.3 is 91.8 Å². The Kier molecular flexibility index (Phi) is 0.187. The molecule has 86 valence electrons. The molecule has 0 amide bonds. The Labute approximate surface area is 91.5 Å². The van der Waals surface area contributed by atoms with Crippen LogP contribution in [0.1, 0.15) is 0 Å². The van der Waals surface area contributed by atoms with Crippen molar-refractivity contribution in [1.82, 2.24) is 0 Å². The molecule has 10 saturated heterocycles. The van der Waals surface area contributed by atoms with E-state index >= 15 is 0 Å². The summed E-state index contributed by atoms with van der Waals surface area (Å²) in [6.45, 7) is -3.99. The van der Waals surface area contributed by atoms with Gasteiger partial charge in [0.25, 0.3) is 0 Å². The predicted octanol–water partition coefficient (Wildman–Crippen LogP) is 3.75. The summed E-state index contributed by atoms with van der Waals surface area (Å²) in [6, 6.07) is 0. The molecular formula is C10H7Cl2FeO2P. The predicted molar refractivity (Wildman–Crippen MR) is 54.4 cm³/mol. The zero-order valence-electron chi connectivity index (χ0n) is 7.91. The van der Waals surface area contributed by atoms with Crippen molar-refractivity contribution in [1.29, 1.82) is 0 Å². The van der Waals surface area contributed by atoms with E-state index in [1.54, 1.807) is 0 Å². The maximum absolute atomic E-state index is 12.0. The molecule has 10 heterocycles. The molecule has 6 heteroatoms. The van der Waals surface area contributed by atoms with Gasteiger partial charge in [-0.05, 0) is 0 Å². The van der Waals surface area contributed by atoms with Gasteiger partial charge in [-0.3, -0.25) is 0 Å². The van der Waals surface area contributed by atoms with Crippen LogP contribution in [0.5, 0.6) is 0 Å². The van der Waals surface area contributed by atoms with Crippen molar-refractivity contribution in [2.24, 2.45) is 0 Å². The van der Waals surface area contributed by atoms with E-state index in [9.17, 15) is 9.13 Å². The summed E-state index contributed by atoms with van der Waals surface area (Å²) in [5.74, 6) is 0. The third-order valence-corrected chi connectivity index (χ3v) is 69.3. The molecule has 2 nitrogen and oxygen atoms in total. The van der Waals surface area contributed by atoms with Crippen LogP contribution in [-0.2, 0) is 15.6 Å². The van der Waals surface area contributed by atoms with Crippen LogP contribution < -0.4 is 0 Å². The van der Waals surface area contributed by atoms with Gasteiger partial charge in [0.05, 0.1) is 0 Å². The molecule has 0 aromatic carbocycles. The quantitative estimate of drug-likeness (QED) is 0.419. The molecule has 0 aliphatic carbocycles. The van der Waals surface area contributed by atoms with Crippen LogP contribution in [0.4, 0.5) is 0 Å². The molecular weight excluding hydrogens is 310 g/mol. The van der Waals surface area contributed by atoms with Crippen molar-refractivity contribution in [2.75, 3.05) is 0 Å². The summed E-state index contributed by atoms with van der Waals surface area (Å²) < 4.78 is 23.4. The van der Waals surface area contributed by atoms with Gasteiger partial charge < -0.3 is 0 Å². The molecule has 0 bridgehead atoms. The Morgan fingerprint density at radius 3 is 1.50 bits per heavy atom. The second kappa shape index (κ2) is 0.465. The van der Waals surface area contributed by atoms with Crippen LogP contribution in [0.15, 0.2) is 0 Å². The number of fused-ring (bicyclic) bond motifs is 10. The van der Waals surface area contributed by atoms with E-state index in [0.717, 1.165) is 24.1 Å². The van der Waals surface area contributed by atoms with Gasteiger partial charge in [0.2, 0.25) is 0 Å². The Morgan fingerprint density at radius 1 is 0.938 bits per heavy atom. The average molecular weight is 317 g/mol. The van der Waals surface area contributed by atoms with Crippen LogP contribution in [0, 0.1) is 0 Å². The number of halogens is 2. The summed E-state index contributed by atoms with van der Waals surface area (Å²) in [4.78, 5) is 5.49. The minimum atomic E-state index is -3.99. The second-order valence-corrected chi connectivity index (χ2v) is 36.1. The molecule has 1 spiro atoms. The molecule has 5 unspecified atom stereocenters. The van der Waals surface area contributed by atoms with Crippen LogP contribution in [0.3, 0.4) is 0 Å². The van der Waals surface area contributed by atoms with E-state index in [-0.39, 0.29) is 11.6 Å². The van der Waals surface area contributed by atoms with E-state index in [4.69, 9.17) is 23.2 Å². The number of alkyl halides is 2. The van der Waals surface area contributed by atoms with Crippen molar-refractivity contribution in [2.45, 2.75) is 45.3 Å².